The molecule has 5 rings (SSSR count). The number of benzene rings is 1. The molecular formula is C26H28N4O2. The highest BCUT2D eigenvalue weighted by atomic mass is 16.5. The van der Waals surface area contributed by atoms with Gasteiger partial charge in [-0.05, 0) is 37.0 Å². The number of amidine groups is 1. The van der Waals surface area contributed by atoms with Gasteiger partial charge < -0.3 is 14.5 Å². The predicted octanol–water partition coefficient (Wildman–Crippen LogP) is 4.12. The zero-order chi connectivity index (χ0) is 22.3. The summed E-state index contributed by atoms with van der Waals surface area (Å²) in [6.07, 6.45) is 7.53. The second kappa shape index (κ2) is 8.02. The van der Waals surface area contributed by atoms with Crippen LogP contribution in [0.1, 0.15) is 32.3 Å². The van der Waals surface area contributed by atoms with E-state index in [2.05, 4.69) is 41.1 Å². The molecule has 1 aromatic heterocycles. The number of fused-ring (bicyclic) bond motifs is 3. The number of aliphatic imine (C=N–C) groups is 1. The van der Waals surface area contributed by atoms with Gasteiger partial charge in [-0.25, -0.2) is 4.99 Å². The molecule has 1 aromatic carbocycles. The number of likely N-dealkylation sites (N-methyl/N-ethyl adjacent to an activating group) is 1. The molecule has 0 N–H and O–H groups in total. The van der Waals surface area contributed by atoms with E-state index in [4.69, 9.17) is 9.73 Å². The number of carbonyl (C=O) groups is 1. The number of hydrogen-bond acceptors (Lipinski definition) is 5. The minimum absolute atomic E-state index is 0.0535. The summed E-state index contributed by atoms with van der Waals surface area (Å²) in [6.45, 7) is 5.72. The largest absolute Gasteiger partial charge is 0.377 e. The van der Waals surface area contributed by atoms with Crippen LogP contribution in [0.2, 0.25) is 0 Å². The highest BCUT2D eigenvalue weighted by Gasteiger charge is 2.51. The first-order valence-electron chi connectivity index (χ1n) is 11.2. The van der Waals surface area contributed by atoms with Gasteiger partial charge in [0.25, 0.3) is 5.91 Å². The van der Waals surface area contributed by atoms with Crippen molar-refractivity contribution in [3.8, 4) is 11.1 Å². The van der Waals surface area contributed by atoms with E-state index in [1.807, 2.05) is 44.6 Å². The third-order valence-electron chi connectivity index (χ3n) is 6.73. The predicted molar refractivity (Wildman–Crippen MR) is 126 cm³/mol. The van der Waals surface area contributed by atoms with Gasteiger partial charge in [0.2, 0.25) is 0 Å². The normalized spacial score (nSPS) is 23.3. The number of morpholine rings is 1. The number of rotatable bonds is 3. The number of allylic oxidation sites excluding steroid dienone is 2. The topological polar surface area (TPSA) is 58.0 Å². The smallest absolute Gasteiger partial charge is 0.254 e. The molecular weight excluding hydrogens is 400 g/mol. The van der Waals surface area contributed by atoms with Gasteiger partial charge in [0.05, 0.1) is 24.6 Å². The van der Waals surface area contributed by atoms with Crippen molar-refractivity contribution >= 4 is 17.4 Å². The average molecular weight is 429 g/mol. The fourth-order valence-corrected chi connectivity index (χ4v) is 4.89. The Morgan fingerprint density at radius 2 is 1.97 bits per heavy atom. The van der Waals surface area contributed by atoms with Crippen LogP contribution in [-0.2, 0) is 9.53 Å². The van der Waals surface area contributed by atoms with Crippen molar-refractivity contribution in [2.24, 2.45) is 4.99 Å². The van der Waals surface area contributed by atoms with E-state index in [9.17, 15) is 4.79 Å². The van der Waals surface area contributed by atoms with E-state index in [1.165, 1.54) is 5.57 Å². The summed E-state index contributed by atoms with van der Waals surface area (Å²) < 4.78 is 5.72. The molecule has 1 amide bonds. The molecule has 0 spiro atoms. The third kappa shape index (κ3) is 3.17. The highest BCUT2D eigenvalue weighted by molar-refractivity contribution is 6.11. The third-order valence-corrected chi connectivity index (χ3v) is 6.73. The maximum absolute atomic E-state index is 13.3. The second-order valence-corrected chi connectivity index (χ2v) is 8.66. The summed E-state index contributed by atoms with van der Waals surface area (Å²) in [5.74, 6) is 0.907. The quantitative estimate of drug-likeness (QED) is 0.738. The number of piperazine rings is 1. The first kappa shape index (κ1) is 20.6. The van der Waals surface area contributed by atoms with Gasteiger partial charge in [-0.2, -0.15) is 0 Å². The molecule has 3 aliphatic heterocycles. The number of carbonyl (C=O) groups excluding carboxylic acids is 1. The number of pyridine rings is 1. The Balaban J connectivity index is 1.71. The fourth-order valence-electron chi connectivity index (χ4n) is 4.89. The Kier molecular flexibility index (Phi) is 5.18. The van der Waals surface area contributed by atoms with Crippen molar-refractivity contribution in [3.05, 3.63) is 71.7 Å². The van der Waals surface area contributed by atoms with Gasteiger partial charge in [-0.15, -0.1) is 0 Å². The zero-order valence-electron chi connectivity index (χ0n) is 18.8. The zero-order valence-corrected chi connectivity index (χ0v) is 18.8. The van der Waals surface area contributed by atoms with Crippen LogP contribution in [-0.4, -0.2) is 58.9 Å². The molecule has 3 aliphatic rings. The number of ether oxygens (including phenoxy) is 1. The lowest BCUT2D eigenvalue weighted by Gasteiger charge is -2.51. The van der Waals surface area contributed by atoms with Gasteiger partial charge in [-0.1, -0.05) is 43.3 Å². The minimum Gasteiger partial charge on any atom is -0.377 e. The molecule has 1 atom stereocenters. The standard InChI is InChI=1S/C26H28N4O2/c1-4-18-10-11-22-24(30-14-15-32-17-26(30,2)25(31)29(22)3)28-23(18)20-12-13-27-16-21(20)19-8-6-5-7-9-19/h5-9,11-13,16H,4,10,14-15,17H2,1-3H3. The van der Waals surface area contributed by atoms with Crippen LogP contribution in [0.5, 0.6) is 0 Å². The van der Waals surface area contributed by atoms with Crippen LogP contribution >= 0.6 is 0 Å². The minimum atomic E-state index is -0.745. The summed E-state index contributed by atoms with van der Waals surface area (Å²) in [6, 6.07) is 12.4. The molecule has 6 nitrogen and oxygen atoms in total. The van der Waals surface area contributed by atoms with Crippen LogP contribution in [0, 0.1) is 0 Å². The van der Waals surface area contributed by atoms with Gasteiger partial charge in [-0.3, -0.25) is 9.78 Å². The SMILES string of the molecule is CCC1=C(c2ccncc2-c2ccccc2)N=C2C(=CC1)N(C)C(=O)C1(C)COCCN21. The van der Waals surface area contributed by atoms with Crippen LogP contribution in [0.25, 0.3) is 16.8 Å². The van der Waals surface area contributed by atoms with E-state index in [0.717, 1.165) is 46.8 Å². The molecule has 4 heterocycles. The number of nitrogens with zero attached hydrogens (tertiary/aromatic N) is 4. The van der Waals surface area contributed by atoms with Crippen molar-refractivity contribution in [2.75, 3.05) is 26.8 Å². The van der Waals surface area contributed by atoms with E-state index in [0.29, 0.717) is 19.8 Å². The van der Waals surface area contributed by atoms with Crippen LogP contribution in [0.15, 0.2) is 71.1 Å². The van der Waals surface area contributed by atoms with Gasteiger partial charge >= 0.3 is 0 Å². The van der Waals surface area contributed by atoms with Crippen LogP contribution < -0.4 is 0 Å². The van der Waals surface area contributed by atoms with Gasteiger partial charge in [0.1, 0.15) is 5.54 Å². The highest BCUT2D eigenvalue weighted by Crippen LogP contribution is 2.39. The Labute approximate surface area is 188 Å². The number of hydrogen-bond donors (Lipinski definition) is 0. The molecule has 164 valence electrons. The molecule has 2 aromatic rings. The fraction of sp³-hybridized carbons (Fsp3) is 0.346. The molecule has 0 aliphatic carbocycles. The Hall–Kier alpha value is -3.25. The van der Waals surface area contributed by atoms with Crippen molar-refractivity contribution in [2.45, 2.75) is 32.2 Å². The Morgan fingerprint density at radius 3 is 2.75 bits per heavy atom. The van der Waals surface area contributed by atoms with E-state index < -0.39 is 5.54 Å². The van der Waals surface area contributed by atoms with Crippen molar-refractivity contribution in [1.29, 1.82) is 0 Å². The molecule has 0 saturated carbocycles. The van der Waals surface area contributed by atoms with E-state index >= 15 is 0 Å². The summed E-state index contributed by atoms with van der Waals surface area (Å²) in [5, 5.41) is 0. The van der Waals surface area contributed by atoms with Gasteiger partial charge in [0, 0.05) is 37.1 Å². The lowest BCUT2D eigenvalue weighted by molar-refractivity contribution is -0.148. The molecule has 1 unspecified atom stereocenters. The van der Waals surface area contributed by atoms with Crippen LogP contribution in [0.3, 0.4) is 0 Å². The number of amides is 1. The van der Waals surface area contributed by atoms with E-state index in [-0.39, 0.29) is 5.91 Å². The maximum atomic E-state index is 13.3. The summed E-state index contributed by atoms with van der Waals surface area (Å²) in [5.41, 5.74) is 5.61. The number of aromatic nitrogens is 1. The lowest BCUT2D eigenvalue weighted by atomic mass is 9.93. The Bertz CT molecular complexity index is 1150. The average Bonchev–Trinajstić information content (AvgIpc) is 3.03. The molecule has 6 heteroatoms. The summed E-state index contributed by atoms with van der Waals surface area (Å²) in [4.78, 5) is 26.9. The first-order chi connectivity index (χ1) is 15.5. The van der Waals surface area contributed by atoms with Crippen molar-refractivity contribution in [1.82, 2.24) is 14.8 Å². The molecule has 0 bridgehead atoms. The molecule has 2 fully saturated rings. The van der Waals surface area contributed by atoms with Crippen LogP contribution in [0.4, 0.5) is 0 Å². The first-order valence-corrected chi connectivity index (χ1v) is 11.2. The molecule has 2 saturated heterocycles. The monoisotopic (exact) mass is 428 g/mol. The maximum Gasteiger partial charge on any atom is 0.254 e. The second-order valence-electron chi connectivity index (χ2n) is 8.66. The lowest BCUT2D eigenvalue weighted by Crippen LogP contribution is -2.69. The Morgan fingerprint density at radius 1 is 1.16 bits per heavy atom. The summed E-state index contributed by atoms with van der Waals surface area (Å²) >= 11 is 0. The summed E-state index contributed by atoms with van der Waals surface area (Å²) in [7, 11) is 1.85. The molecule has 0 radical (unpaired) electrons. The molecule has 32 heavy (non-hydrogen) atoms. The van der Waals surface area contributed by atoms with E-state index in [1.54, 1.807) is 4.90 Å². The van der Waals surface area contributed by atoms with Gasteiger partial charge in [0.15, 0.2) is 5.84 Å². The van der Waals surface area contributed by atoms with Crippen molar-refractivity contribution < 1.29 is 9.53 Å². The van der Waals surface area contributed by atoms with Crippen molar-refractivity contribution in [3.63, 3.8) is 0 Å².